The summed E-state index contributed by atoms with van der Waals surface area (Å²) in [6.45, 7) is 0. The van der Waals surface area contributed by atoms with Crippen molar-refractivity contribution in [3.63, 3.8) is 0 Å². The molecule has 1 aromatic rings. The van der Waals surface area contributed by atoms with Gasteiger partial charge in [-0.15, -0.1) is 11.3 Å². The second-order valence-corrected chi connectivity index (χ2v) is 9.28. The molecule has 4 heteroatoms. The summed E-state index contributed by atoms with van der Waals surface area (Å²) in [4.78, 5) is 1.38. The number of hydrogen-bond donors (Lipinski definition) is 2. The quantitative estimate of drug-likeness (QED) is 0.611. The Morgan fingerprint density at radius 2 is 1.85 bits per heavy atom. The number of rotatable bonds is 4. The molecule has 0 amide bonds. The van der Waals surface area contributed by atoms with Crippen molar-refractivity contribution in [3.8, 4) is 0 Å². The predicted molar refractivity (Wildman–Crippen MR) is 87.3 cm³/mol. The molecule has 2 nitrogen and oxygen atoms in total. The highest BCUT2D eigenvalue weighted by atomic mass is 79.9. The number of hydrazine groups is 1. The zero-order valence-corrected chi connectivity index (χ0v) is 14.2. The van der Waals surface area contributed by atoms with E-state index >= 15 is 0 Å². The van der Waals surface area contributed by atoms with Gasteiger partial charge in [0.25, 0.3) is 0 Å². The van der Waals surface area contributed by atoms with Gasteiger partial charge in [-0.25, -0.2) is 0 Å². The third-order valence-corrected chi connectivity index (χ3v) is 7.95. The molecule has 1 atom stereocenters. The van der Waals surface area contributed by atoms with Crippen LogP contribution in [0.15, 0.2) is 15.9 Å². The lowest BCUT2D eigenvalue weighted by Crippen LogP contribution is -2.47. The lowest BCUT2D eigenvalue weighted by atomic mass is 9.48. The molecule has 0 saturated heterocycles. The molecule has 4 bridgehead atoms. The highest BCUT2D eigenvalue weighted by Crippen LogP contribution is 2.62. The predicted octanol–water partition coefficient (Wildman–Crippen LogP) is 4.62. The van der Waals surface area contributed by atoms with Gasteiger partial charge in [0.1, 0.15) is 0 Å². The smallest absolute Gasteiger partial charge is 0.0569 e. The summed E-state index contributed by atoms with van der Waals surface area (Å²) in [6, 6.07) is 2.46. The Morgan fingerprint density at radius 3 is 2.30 bits per heavy atom. The van der Waals surface area contributed by atoms with Crippen molar-refractivity contribution in [2.24, 2.45) is 29.0 Å². The highest BCUT2D eigenvalue weighted by molar-refractivity contribution is 9.10. The van der Waals surface area contributed by atoms with Crippen molar-refractivity contribution in [2.75, 3.05) is 0 Å². The van der Waals surface area contributed by atoms with Gasteiger partial charge in [0.15, 0.2) is 0 Å². The normalized spacial score (nSPS) is 40.2. The molecule has 0 spiro atoms. The molecule has 1 unspecified atom stereocenters. The minimum Gasteiger partial charge on any atom is -0.271 e. The van der Waals surface area contributed by atoms with Crippen LogP contribution in [0.3, 0.4) is 0 Å². The molecular weight excluding hydrogens is 332 g/mol. The Balaban J connectivity index is 1.57. The van der Waals surface area contributed by atoms with Crippen molar-refractivity contribution < 1.29 is 0 Å². The van der Waals surface area contributed by atoms with Crippen LogP contribution in [-0.4, -0.2) is 0 Å². The third kappa shape index (κ3) is 2.29. The Morgan fingerprint density at radius 1 is 1.25 bits per heavy atom. The van der Waals surface area contributed by atoms with Crippen molar-refractivity contribution in [2.45, 2.75) is 51.0 Å². The standard InChI is InChI=1S/C16H23BrN2S/c17-13-1-2-20-15(13)14(19-18)9-16-6-10-3-11(7-16)5-12(4-10)8-16/h1-2,10-12,14,19H,3-9,18H2. The monoisotopic (exact) mass is 354 g/mol. The van der Waals surface area contributed by atoms with Gasteiger partial charge in [-0.1, -0.05) is 0 Å². The van der Waals surface area contributed by atoms with Crippen LogP contribution in [0.5, 0.6) is 0 Å². The summed E-state index contributed by atoms with van der Waals surface area (Å²) in [5.74, 6) is 8.96. The SMILES string of the molecule is NNC(CC12CC3CC(CC(C3)C1)C2)c1sccc1Br. The van der Waals surface area contributed by atoms with Crippen molar-refractivity contribution in [3.05, 3.63) is 20.8 Å². The molecule has 110 valence electrons. The summed E-state index contributed by atoms with van der Waals surface area (Å²) >= 11 is 5.49. The van der Waals surface area contributed by atoms with Crippen LogP contribution in [0.25, 0.3) is 0 Å². The first-order chi connectivity index (χ1) is 9.67. The van der Waals surface area contributed by atoms with Gasteiger partial charge in [-0.05, 0) is 95.5 Å². The van der Waals surface area contributed by atoms with E-state index in [-0.39, 0.29) is 0 Å². The summed E-state index contributed by atoms with van der Waals surface area (Å²) in [5.41, 5.74) is 3.68. The van der Waals surface area contributed by atoms with Crippen LogP contribution in [0.4, 0.5) is 0 Å². The summed E-state index contributed by atoms with van der Waals surface area (Å²) in [6.07, 6.45) is 10.2. The van der Waals surface area contributed by atoms with Crippen LogP contribution in [0, 0.1) is 23.2 Å². The summed E-state index contributed by atoms with van der Waals surface area (Å²) in [5, 5.41) is 2.16. The molecule has 20 heavy (non-hydrogen) atoms. The Bertz CT molecular complexity index is 463. The average Bonchev–Trinajstić information content (AvgIpc) is 2.80. The molecule has 0 aliphatic heterocycles. The minimum atomic E-state index is 0.320. The zero-order chi connectivity index (χ0) is 13.7. The fourth-order valence-corrected chi connectivity index (χ4v) is 7.47. The van der Waals surface area contributed by atoms with E-state index in [2.05, 4.69) is 32.8 Å². The summed E-state index contributed by atoms with van der Waals surface area (Å²) in [7, 11) is 0. The first-order valence-electron chi connectivity index (χ1n) is 7.86. The zero-order valence-electron chi connectivity index (χ0n) is 11.8. The maximum absolute atomic E-state index is 5.90. The van der Waals surface area contributed by atoms with E-state index in [4.69, 9.17) is 5.84 Å². The second kappa shape index (κ2) is 5.08. The van der Waals surface area contributed by atoms with Crippen LogP contribution in [0.2, 0.25) is 0 Å². The Kier molecular flexibility index (Phi) is 3.49. The maximum atomic E-state index is 5.90. The van der Waals surface area contributed by atoms with Gasteiger partial charge in [-0.2, -0.15) is 0 Å². The molecule has 1 heterocycles. The number of nitrogens with two attached hydrogens (primary N) is 1. The molecule has 1 aromatic heterocycles. The van der Waals surface area contributed by atoms with E-state index in [9.17, 15) is 0 Å². The first-order valence-corrected chi connectivity index (χ1v) is 9.54. The van der Waals surface area contributed by atoms with E-state index in [1.807, 2.05) is 11.3 Å². The minimum absolute atomic E-state index is 0.320. The number of hydrogen-bond acceptors (Lipinski definition) is 3. The molecular formula is C16H23BrN2S. The lowest BCUT2D eigenvalue weighted by molar-refractivity contribution is -0.0621. The number of thiophene rings is 1. The molecule has 5 rings (SSSR count). The highest BCUT2D eigenvalue weighted by Gasteiger charge is 2.51. The van der Waals surface area contributed by atoms with Gasteiger partial charge in [0.05, 0.1) is 6.04 Å². The molecule has 4 saturated carbocycles. The van der Waals surface area contributed by atoms with E-state index in [0.717, 1.165) is 17.8 Å². The molecule has 0 aromatic carbocycles. The molecule has 3 N–H and O–H groups in total. The van der Waals surface area contributed by atoms with E-state index in [1.54, 1.807) is 0 Å². The lowest BCUT2D eigenvalue weighted by Gasteiger charge is -2.57. The fourth-order valence-electron chi connectivity index (χ4n) is 5.75. The van der Waals surface area contributed by atoms with Crippen molar-refractivity contribution >= 4 is 27.3 Å². The summed E-state index contributed by atoms with van der Waals surface area (Å²) < 4.78 is 1.22. The molecule has 4 aliphatic rings. The van der Waals surface area contributed by atoms with E-state index in [0.29, 0.717) is 11.5 Å². The van der Waals surface area contributed by atoms with Crippen LogP contribution in [-0.2, 0) is 0 Å². The van der Waals surface area contributed by atoms with Gasteiger partial charge < -0.3 is 0 Å². The molecule has 4 aliphatic carbocycles. The van der Waals surface area contributed by atoms with E-state index in [1.165, 1.54) is 54.3 Å². The van der Waals surface area contributed by atoms with Crippen LogP contribution >= 0.6 is 27.3 Å². The number of nitrogens with one attached hydrogen (secondary N) is 1. The van der Waals surface area contributed by atoms with Crippen molar-refractivity contribution in [1.29, 1.82) is 0 Å². The third-order valence-electron chi connectivity index (χ3n) is 5.96. The van der Waals surface area contributed by atoms with Gasteiger partial charge in [-0.3, -0.25) is 11.3 Å². The topological polar surface area (TPSA) is 38.0 Å². The van der Waals surface area contributed by atoms with Gasteiger partial charge >= 0.3 is 0 Å². The Labute approximate surface area is 133 Å². The fraction of sp³-hybridized carbons (Fsp3) is 0.750. The van der Waals surface area contributed by atoms with Crippen molar-refractivity contribution in [1.82, 2.24) is 5.43 Å². The van der Waals surface area contributed by atoms with Crippen LogP contribution in [0.1, 0.15) is 55.9 Å². The van der Waals surface area contributed by atoms with Gasteiger partial charge in [0.2, 0.25) is 0 Å². The average molecular weight is 355 g/mol. The number of halogens is 1. The van der Waals surface area contributed by atoms with E-state index < -0.39 is 0 Å². The molecule has 0 radical (unpaired) electrons. The first kappa shape index (κ1) is 13.7. The maximum Gasteiger partial charge on any atom is 0.0569 e. The Hall–Kier alpha value is 0.100. The largest absolute Gasteiger partial charge is 0.271 e. The molecule has 4 fully saturated rings. The van der Waals surface area contributed by atoms with Gasteiger partial charge in [0, 0.05) is 9.35 Å². The van der Waals surface area contributed by atoms with Crippen LogP contribution < -0.4 is 11.3 Å². The second-order valence-electron chi connectivity index (χ2n) is 7.47.